The van der Waals surface area contributed by atoms with Crippen LogP contribution in [0.1, 0.15) is 31.2 Å². The summed E-state index contributed by atoms with van der Waals surface area (Å²) in [5.41, 5.74) is -2.50. The Balaban J connectivity index is 1.90. The molecule has 0 radical (unpaired) electrons. The summed E-state index contributed by atoms with van der Waals surface area (Å²) in [5, 5.41) is 15.0. The maximum absolute atomic E-state index is 13.6. The van der Waals surface area contributed by atoms with Crippen LogP contribution in [0.4, 0.5) is 13.2 Å². The van der Waals surface area contributed by atoms with E-state index in [1.807, 2.05) is 0 Å². The summed E-state index contributed by atoms with van der Waals surface area (Å²) in [4.78, 5) is 12.4. The highest BCUT2D eigenvalue weighted by Gasteiger charge is 2.68. The molecule has 1 amide bonds. The zero-order valence-corrected chi connectivity index (χ0v) is 13.4. The minimum atomic E-state index is -4.98. The number of alkyl halides is 3. The molecule has 0 saturated heterocycles. The Morgan fingerprint density at radius 3 is 2.62 bits per heavy atom. The Morgan fingerprint density at radius 2 is 2.00 bits per heavy atom. The van der Waals surface area contributed by atoms with E-state index in [0.717, 1.165) is 0 Å². The summed E-state index contributed by atoms with van der Waals surface area (Å²) in [5.74, 6) is -2.07. The van der Waals surface area contributed by atoms with E-state index in [9.17, 15) is 23.1 Å². The number of aliphatic hydroxyl groups is 1. The van der Waals surface area contributed by atoms with Gasteiger partial charge < -0.3 is 5.11 Å². The number of hydrogen-bond acceptors (Lipinski definition) is 3. The molecule has 0 bridgehead atoms. The van der Waals surface area contributed by atoms with Gasteiger partial charge in [-0.25, -0.2) is 0 Å². The van der Waals surface area contributed by atoms with Crippen LogP contribution in [-0.4, -0.2) is 33.6 Å². The van der Waals surface area contributed by atoms with Gasteiger partial charge in [0.05, 0.1) is 12.3 Å². The fourth-order valence-electron chi connectivity index (χ4n) is 3.32. The molecule has 1 aliphatic heterocycles. The molecule has 130 valence electrons. The van der Waals surface area contributed by atoms with Gasteiger partial charge in [0.1, 0.15) is 0 Å². The highest BCUT2D eigenvalue weighted by atomic mass is 35.5. The first-order valence-electron chi connectivity index (χ1n) is 7.67. The van der Waals surface area contributed by atoms with Crippen molar-refractivity contribution in [1.82, 2.24) is 5.01 Å². The van der Waals surface area contributed by atoms with Gasteiger partial charge in [-0.05, 0) is 37.0 Å². The van der Waals surface area contributed by atoms with Crippen molar-refractivity contribution in [3.8, 4) is 0 Å². The molecular weight excluding hydrogens is 345 g/mol. The molecule has 24 heavy (non-hydrogen) atoms. The van der Waals surface area contributed by atoms with E-state index in [0.29, 0.717) is 29.8 Å². The summed E-state index contributed by atoms with van der Waals surface area (Å²) < 4.78 is 40.7. The lowest BCUT2D eigenvalue weighted by Crippen LogP contribution is -2.61. The van der Waals surface area contributed by atoms with E-state index < -0.39 is 23.7 Å². The van der Waals surface area contributed by atoms with Crippen molar-refractivity contribution in [2.75, 3.05) is 0 Å². The molecule has 1 heterocycles. The molecule has 0 unspecified atom stereocenters. The van der Waals surface area contributed by atoms with Gasteiger partial charge in [0.15, 0.2) is 0 Å². The zero-order chi connectivity index (χ0) is 17.5. The summed E-state index contributed by atoms with van der Waals surface area (Å²) >= 11 is 5.76. The summed E-state index contributed by atoms with van der Waals surface area (Å²) in [6, 6.07) is 6.22. The van der Waals surface area contributed by atoms with E-state index in [1.54, 1.807) is 24.3 Å². The van der Waals surface area contributed by atoms with Crippen LogP contribution in [0.5, 0.6) is 0 Å². The second-order valence-corrected chi connectivity index (χ2v) is 6.56. The lowest BCUT2D eigenvalue weighted by Gasteiger charge is -2.38. The largest absolute Gasteiger partial charge is 0.439 e. The number of amides is 1. The van der Waals surface area contributed by atoms with Gasteiger partial charge in [0.25, 0.3) is 5.72 Å². The Hall–Kier alpha value is -1.60. The van der Waals surface area contributed by atoms with Crippen LogP contribution in [-0.2, 0) is 11.2 Å². The average molecular weight is 361 g/mol. The van der Waals surface area contributed by atoms with E-state index in [4.69, 9.17) is 11.6 Å². The minimum Gasteiger partial charge on any atom is -0.362 e. The molecule has 1 saturated carbocycles. The van der Waals surface area contributed by atoms with Crippen molar-refractivity contribution in [2.24, 2.45) is 11.0 Å². The molecule has 8 heteroatoms. The zero-order valence-electron chi connectivity index (χ0n) is 12.7. The van der Waals surface area contributed by atoms with E-state index in [1.165, 1.54) is 0 Å². The number of fused-ring (bicyclic) bond motifs is 1. The Bertz CT molecular complexity index is 675. The standard InChI is InChI=1S/C16H16ClF3N2O2/c17-11-7-5-10(6-8-11)9-14(23)22-15(24,16(18,19)20)12-3-1-2-4-13(12)21-22/h5-8,12,24H,1-4,9H2/t12-,15+/m1/s1. The van der Waals surface area contributed by atoms with Crippen molar-refractivity contribution < 1.29 is 23.1 Å². The summed E-state index contributed by atoms with van der Waals surface area (Å²) in [6.07, 6.45) is -3.45. The fourth-order valence-corrected chi connectivity index (χ4v) is 3.44. The monoisotopic (exact) mass is 360 g/mol. The lowest BCUT2D eigenvalue weighted by molar-refractivity contribution is -0.317. The Labute approximate surface area is 141 Å². The van der Waals surface area contributed by atoms with Crippen LogP contribution in [0.15, 0.2) is 29.4 Å². The molecule has 1 aromatic carbocycles. The Kier molecular flexibility index (Phi) is 4.34. The van der Waals surface area contributed by atoms with Crippen molar-refractivity contribution in [3.63, 3.8) is 0 Å². The third kappa shape index (κ3) is 2.80. The van der Waals surface area contributed by atoms with Gasteiger partial charge in [-0.2, -0.15) is 23.3 Å². The highest BCUT2D eigenvalue weighted by molar-refractivity contribution is 6.30. The van der Waals surface area contributed by atoms with Crippen molar-refractivity contribution in [3.05, 3.63) is 34.9 Å². The number of nitrogens with zero attached hydrogens (tertiary/aromatic N) is 2. The van der Waals surface area contributed by atoms with Crippen LogP contribution in [0, 0.1) is 5.92 Å². The van der Waals surface area contributed by atoms with Crippen LogP contribution >= 0.6 is 11.6 Å². The molecule has 1 fully saturated rings. The topological polar surface area (TPSA) is 52.9 Å². The highest BCUT2D eigenvalue weighted by Crippen LogP contribution is 2.48. The first-order valence-corrected chi connectivity index (χ1v) is 8.05. The Morgan fingerprint density at radius 1 is 1.33 bits per heavy atom. The molecule has 1 aliphatic carbocycles. The molecular formula is C16H16ClF3N2O2. The van der Waals surface area contributed by atoms with Crippen molar-refractivity contribution in [1.29, 1.82) is 0 Å². The normalized spacial score (nSPS) is 27.0. The SMILES string of the molecule is O=C(Cc1ccc(Cl)cc1)N1N=C2CCCC[C@H]2[C@]1(O)C(F)(F)F. The molecule has 1 N–H and O–H groups in total. The minimum absolute atomic E-state index is 0.166. The van der Waals surface area contributed by atoms with Crippen LogP contribution in [0.25, 0.3) is 0 Å². The number of benzene rings is 1. The molecule has 2 atom stereocenters. The quantitative estimate of drug-likeness (QED) is 0.877. The van der Waals surface area contributed by atoms with Crippen LogP contribution in [0.2, 0.25) is 5.02 Å². The van der Waals surface area contributed by atoms with Crippen molar-refractivity contribution in [2.45, 2.75) is 44.0 Å². The number of hydrogen-bond donors (Lipinski definition) is 1. The molecule has 4 nitrogen and oxygen atoms in total. The fraction of sp³-hybridized carbons (Fsp3) is 0.500. The first-order chi connectivity index (χ1) is 11.2. The molecule has 2 aliphatic rings. The third-order valence-electron chi connectivity index (χ3n) is 4.54. The summed E-state index contributed by atoms with van der Waals surface area (Å²) in [6.45, 7) is 0. The number of rotatable bonds is 2. The average Bonchev–Trinajstić information content (AvgIpc) is 2.84. The van der Waals surface area contributed by atoms with Crippen molar-refractivity contribution >= 4 is 23.2 Å². The predicted molar refractivity (Wildman–Crippen MR) is 82.4 cm³/mol. The van der Waals surface area contributed by atoms with Gasteiger partial charge in [0, 0.05) is 10.7 Å². The van der Waals surface area contributed by atoms with E-state index in [2.05, 4.69) is 5.10 Å². The van der Waals surface area contributed by atoms with Gasteiger partial charge in [-0.3, -0.25) is 4.79 Å². The van der Waals surface area contributed by atoms with Gasteiger partial charge in [-0.15, -0.1) is 0 Å². The smallest absolute Gasteiger partial charge is 0.362 e. The second-order valence-electron chi connectivity index (χ2n) is 6.12. The van der Waals surface area contributed by atoms with E-state index in [-0.39, 0.29) is 23.6 Å². The molecule has 3 rings (SSSR count). The lowest BCUT2D eigenvalue weighted by atomic mass is 9.80. The maximum atomic E-state index is 13.6. The van der Waals surface area contributed by atoms with Crippen LogP contribution in [0.3, 0.4) is 0 Å². The summed E-state index contributed by atoms with van der Waals surface area (Å²) in [7, 11) is 0. The van der Waals surface area contributed by atoms with Gasteiger partial charge in [0.2, 0.25) is 5.91 Å². The predicted octanol–water partition coefficient (Wildman–Crippen LogP) is 3.52. The molecule has 0 spiro atoms. The van der Waals surface area contributed by atoms with Crippen LogP contribution < -0.4 is 0 Å². The number of carbonyl (C=O) groups excluding carboxylic acids is 1. The first kappa shape index (κ1) is 17.2. The number of halogens is 4. The second kappa shape index (κ2) is 6.04. The van der Waals surface area contributed by atoms with E-state index >= 15 is 0 Å². The van der Waals surface area contributed by atoms with Gasteiger partial charge >= 0.3 is 6.18 Å². The number of carbonyl (C=O) groups is 1. The molecule has 1 aromatic rings. The molecule has 0 aromatic heterocycles. The maximum Gasteiger partial charge on any atom is 0.439 e. The van der Waals surface area contributed by atoms with Gasteiger partial charge in [-0.1, -0.05) is 30.2 Å². The number of hydrazone groups is 1. The third-order valence-corrected chi connectivity index (χ3v) is 4.79.